The van der Waals surface area contributed by atoms with Gasteiger partial charge in [0.15, 0.2) is 5.76 Å². The Morgan fingerprint density at radius 1 is 0.905 bits per heavy atom. The van der Waals surface area contributed by atoms with E-state index in [2.05, 4.69) is 4.98 Å². The number of phenolic OH excluding ortho intramolecular Hbond substituents is 1. The van der Waals surface area contributed by atoms with Gasteiger partial charge in [-0.05, 0) is 37.0 Å². The molecule has 0 unspecified atom stereocenters. The molecular weight excluding hydrogens is 270 g/mol. The van der Waals surface area contributed by atoms with Crippen molar-refractivity contribution in [3.8, 4) is 11.6 Å². The van der Waals surface area contributed by atoms with Crippen LogP contribution in [-0.2, 0) is 12.8 Å². The number of aromatic amines is 1. The molecule has 5 nitrogen and oxygen atoms in total. The highest BCUT2D eigenvalue weighted by molar-refractivity contribution is 5.25. The van der Waals surface area contributed by atoms with Gasteiger partial charge in [0.1, 0.15) is 5.75 Å². The van der Waals surface area contributed by atoms with E-state index in [1.807, 2.05) is 12.1 Å². The largest absolute Gasteiger partial charge is 0.508 e. The monoisotopic (exact) mass is 291 g/mol. The zero-order valence-corrected chi connectivity index (χ0v) is 12.0. The molecule has 1 heterocycles. The highest BCUT2D eigenvalue weighted by Gasteiger charge is 2.07. The van der Waals surface area contributed by atoms with Crippen LogP contribution in [-0.4, -0.2) is 15.2 Å². The lowest BCUT2D eigenvalue weighted by Gasteiger charge is -2.02. The summed E-state index contributed by atoms with van der Waals surface area (Å²) in [4.78, 5) is 13.0. The van der Waals surface area contributed by atoms with Crippen LogP contribution in [0, 0.1) is 0 Å². The lowest BCUT2D eigenvalue weighted by molar-refractivity contribution is 0.414. The van der Waals surface area contributed by atoms with E-state index < -0.39 is 5.76 Å². The van der Waals surface area contributed by atoms with Crippen LogP contribution >= 0.6 is 0 Å². The lowest BCUT2D eigenvalue weighted by Crippen LogP contribution is -1.93. The summed E-state index contributed by atoms with van der Waals surface area (Å²) >= 11 is 0. The van der Waals surface area contributed by atoms with Crippen molar-refractivity contribution in [1.29, 1.82) is 0 Å². The highest BCUT2D eigenvalue weighted by Crippen LogP contribution is 2.16. The summed E-state index contributed by atoms with van der Waals surface area (Å²) < 4.78 is 4.83. The molecule has 114 valence electrons. The first-order chi connectivity index (χ1) is 10.1. The Hall–Kier alpha value is -2.17. The van der Waals surface area contributed by atoms with E-state index in [0.29, 0.717) is 17.9 Å². The van der Waals surface area contributed by atoms with E-state index in [0.717, 1.165) is 38.5 Å². The number of phenols is 1. The molecule has 0 spiro atoms. The van der Waals surface area contributed by atoms with Gasteiger partial charge < -0.3 is 14.6 Å². The minimum Gasteiger partial charge on any atom is -0.508 e. The van der Waals surface area contributed by atoms with Crippen molar-refractivity contribution in [2.75, 3.05) is 0 Å². The second-order valence-corrected chi connectivity index (χ2v) is 5.22. The quantitative estimate of drug-likeness (QED) is 0.652. The number of aromatic hydroxyl groups is 2. The van der Waals surface area contributed by atoms with Gasteiger partial charge in [0, 0.05) is 6.42 Å². The topological polar surface area (TPSA) is 86.5 Å². The molecule has 5 heteroatoms. The molecule has 1 aromatic heterocycles. The molecule has 0 bridgehead atoms. The molecule has 0 saturated carbocycles. The number of nitrogens with one attached hydrogen (secondary N) is 1. The van der Waals surface area contributed by atoms with Crippen LogP contribution in [0.2, 0.25) is 0 Å². The van der Waals surface area contributed by atoms with Gasteiger partial charge in [0.2, 0.25) is 5.88 Å². The number of hydrogen-bond acceptors (Lipinski definition) is 4. The Bertz CT molecular complexity index is 597. The Balaban J connectivity index is 1.55. The fourth-order valence-corrected chi connectivity index (χ4v) is 2.33. The van der Waals surface area contributed by atoms with E-state index >= 15 is 0 Å². The summed E-state index contributed by atoms with van der Waals surface area (Å²) in [5.41, 5.74) is 1.24. The van der Waals surface area contributed by atoms with Crippen molar-refractivity contribution in [3.63, 3.8) is 0 Å². The van der Waals surface area contributed by atoms with E-state index in [9.17, 15) is 15.0 Å². The summed E-state index contributed by atoms with van der Waals surface area (Å²) in [7, 11) is 0. The highest BCUT2D eigenvalue weighted by atomic mass is 16.4. The van der Waals surface area contributed by atoms with Crippen LogP contribution in [0.5, 0.6) is 11.6 Å². The van der Waals surface area contributed by atoms with E-state index in [4.69, 9.17) is 4.42 Å². The van der Waals surface area contributed by atoms with Crippen LogP contribution < -0.4 is 5.76 Å². The van der Waals surface area contributed by atoms with Crippen molar-refractivity contribution in [3.05, 3.63) is 46.1 Å². The van der Waals surface area contributed by atoms with Gasteiger partial charge >= 0.3 is 5.76 Å². The SMILES string of the molecule is O=c1[nH]c(O)c(CCCCCCCc2ccc(O)cc2)o1. The number of benzene rings is 1. The maximum Gasteiger partial charge on any atom is 0.419 e. The number of aromatic nitrogens is 1. The van der Waals surface area contributed by atoms with Crippen molar-refractivity contribution in [2.24, 2.45) is 0 Å². The van der Waals surface area contributed by atoms with Crippen molar-refractivity contribution in [2.45, 2.75) is 44.9 Å². The smallest absolute Gasteiger partial charge is 0.419 e. The maximum atomic E-state index is 10.8. The molecule has 0 aliphatic heterocycles. The van der Waals surface area contributed by atoms with Crippen LogP contribution in [0.3, 0.4) is 0 Å². The van der Waals surface area contributed by atoms with Crippen molar-refractivity contribution < 1.29 is 14.6 Å². The van der Waals surface area contributed by atoms with E-state index in [1.54, 1.807) is 12.1 Å². The van der Waals surface area contributed by atoms with Crippen LogP contribution in [0.4, 0.5) is 0 Å². The number of aryl methyl sites for hydroxylation is 2. The van der Waals surface area contributed by atoms with Gasteiger partial charge in [-0.1, -0.05) is 31.4 Å². The number of H-pyrrole nitrogens is 1. The first-order valence-corrected chi connectivity index (χ1v) is 7.34. The first kappa shape index (κ1) is 15.2. The molecule has 3 N–H and O–H groups in total. The van der Waals surface area contributed by atoms with Gasteiger partial charge in [0.25, 0.3) is 0 Å². The molecule has 0 amide bonds. The molecule has 0 fully saturated rings. The molecule has 0 radical (unpaired) electrons. The summed E-state index contributed by atoms with van der Waals surface area (Å²) in [6.45, 7) is 0. The fourth-order valence-electron chi connectivity index (χ4n) is 2.33. The average Bonchev–Trinajstić information content (AvgIpc) is 2.78. The Morgan fingerprint density at radius 2 is 1.52 bits per heavy atom. The van der Waals surface area contributed by atoms with Crippen molar-refractivity contribution in [1.82, 2.24) is 4.98 Å². The summed E-state index contributed by atoms with van der Waals surface area (Å²) in [6.07, 6.45) is 6.93. The fraction of sp³-hybridized carbons (Fsp3) is 0.438. The van der Waals surface area contributed by atoms with Gasteiger partial charge in [-0.25, -0.2) is 4.79 Å². The third kappa shape index (κ3) is 5.02. The maximum absolute atomic E-state index is 10.8. The second kappa shape index (κ2) is 7.57. The third-order valence-electron chi connectivity index (χ3n) is 3.51. The Labute approximate surface area is 123 Å². The molecular formula is C16H21NO4. The number of oxazole rings is 1. The summed E-state index contributed by atoms with van der Waals surface area (Å²) in [5, 5.41) is 18.5. The average molecular weight is 291 g/mol. The molecule has 0 atom stereocenters. The van der Waals surface area contributed by atoms with Crippen LogP contribution in [0.15, 0.2) is 33.5 Å². The zero-order chi connectivity index (χ0) is 15.1. The summed E-state index contributed by atoms with van der Waals surface area (Å²) in [5.74, 6) is -0.0915. The predicted molar refractivity (Wildman–Crippen MR) is 79.6 cm³/mol. The van der Waals surface area contributed by atoms with E-state index in [1.165, 1.54) is 5.56 Å². The van der Waals surface area contributed by atoms with Crippen LogP contribution in [0.1, 0.15) is 43.4 Å². The Kier molecular flexibility index (Phi) is 5.49. The van der Waals surface area contributed by atoms with Gasteiger partial charge in [-0.15, -0.1) is 0 Å². The molecule has 0 aliphatic carbocycles. The van der Waals surface area contributed by atoms with Gasteiger partial charge in [0.05, 0.1) is 0 Å². The van der Waals surface area contributed by atoms with Gasteiger partial charge in [-0.3, -0.25) is 4.98 Å². The first-order valence-electron chi connectivity index (χ1n) is 7.34. The van der Waals surface area contributed by atoms with Gasteiger partial charge in [-0.2, -0.15) is 0 Å². The number of rotatable bonds is 8. The minimum atomic E-state index is -0.601. The number of unbranched alkanes of at least 4 members (excludes halogenated alkanes) is 4. The molecule has 2 rings (SSSR count). The lowest BCUT2D eigenvalue weighted by atomic mass is 10.0. The summed E-state index contributed by atoms with van der Waals surface area (Å²) in [6, 6.07) is 7.33. The minimum absolute atomic E-state index is 0.146. The normalized spacial score (nSPS) is 10.9. The number of hydrogen-bond donors (Lipinski definition) is 3. The standard InChI is InChI=1S/C16H21NO4/c18-13-10-8-12(9-11-13)6-4-2-1-3-5-7-14-15(19)17-16(20)21-14/h8-11,18-19H,1-7H2,(H,17,20). The second-order valence-electron chi connectivity index (χ2n) is 5.22. The van der Waals surface area contributed by atoms with E-state index in [-0.39, 0.29) is 5.88 Å². The zero-order valence-electron chi connectivity index (χ0n) is 12.0. The molecule has 21 heavy (non-hydrogen) atoms. The van der Waals surface area contributed by atoms with Crippen molar-refractivity contribution >= 4 is 0 Å². The molecule has 0 aliphatic rings. The molecule has 1 aromatic carbocycles. The Morgan fingerprint density at radius 3 is 2.14 bits per heavy atom. The van der Waals surface area contributed by atoms with Crippen LogP contribution in [0.25, 0.3) is 0 Å². The predicted octanol–water partition coefficient (Wildman–Crippen LogP) is 3.11. The third-order valence-corrected chi connectivity index (χ3v) is 3.51. The molecule has 0 saturated heterocycles. The molecule has 2 aromatic rings.